The summed E-state index contributed by atoms with van der Waals surface area (Å²) in [4.78, 5) is 1.20. The van der Waals surface area contributed by atoms with Crippen molar-refractivity contribution in [3.8, 4) is 21.9 Å². The quantitative estimate of drug-likeness (QED) is 0.532. The Kier molecular flexibility index (Phi) is 4.22. The summed E-state index contributed by atoms with van der Waals surface area (Å²) in [5, 5.41) is 11.0. The molecule has 1 aromatic heterocycles. The second-order valence-electron chi connectivity index (χ2n) is 7.72. The number of hydrogen-bond donors (Lipinski definition) is 1. The Morgan fingerprint density at radius 3 is 2.25 bits per heavy atom. The van der Waals surface area contributed by atoms with Crippen molar-refractivity contribution < 1.29 is 9.53 Å². The van der Waals surface area contributed by atoms with Gasteiger partial charge in [-0.1, -0.05) is 20.8 Å². The van der Waals surface area contributed by atoms with Crippen molar-refractivity contribution in [2.45, 2.75) is 38.9 Å². The summed E-state index contributed by atoms with van der Waals surface area (Å²) in [6.45, 7) is 11.3. The fourth-order valence-corrected chi connectivity index (χ4v) is 4.43. The molecule has 0 spiro atoms. The Bertz CT molecular complexity index is 857. The second kappa shape index (κ2) is 5.94. The highest BCUT2D eigenvalue weighted by Crippen LogP contribution is 2.39. The van der Waals surface area contributed by atoms with Crippen LogP contribution in [0.15, 0.2) is 48.5 Å². The average Bonchev–Trinajstić information content (AvgIpc) is 2.89. The van der Waals surface area contributed by atoms with E-state index in [1.54, 1.807) is 17.4 Å². The fourth-order valence-electron chi connectivity index (χ4n) is 2.30. The maximum absolute atomic E-state index is 9.61. The molecule has 0 aliphatic carbocycles. The van der Waals surface area contributed by atoms with E-state index in [4.69, 9.17) is 4.43 Å². The number of phenolic OH excluding ortho intramolecular Hbond substituents is 1. The summed E-state index contributed by atoms with van der Waals surface area (Å²) in [6.07, 6.45) is 0. The lowest BCUT2D eigenvalue weighted by molar-refractivity contribution is 0.476. The Morgan fingerprint density at radius 2 is 1.62 bits per heavy atom. The highest BCUT2D eigenvalue weighted by atomic mass is 32.1. The summed E-state index contributed by atoms with van der Waals surface area (Å²) in [7, 11) is -1.80. The lowest BCUT2D eigenvalue weighted by atomic mass is 10.1. The maximum atomic E-state index is 9.61. The molecule has 0 amide bonds. The molecule has 1 heterocycles. The molecule has 0 unspecified atom stereocenters. The molecule has 0 radical (unpaired) electrons. The van der Waals surface area contributed by atoms with Crippen LogP contribution >= 0.6 is 11.3 Å². The molecule has 0 bridgehead atoms. The minimum Gasteiger partial charge on any atom is -0.544 e. The predicted molar refractivity (Wildman–Crippen MR) is 107 cm³/mol. The molecule has 0 saturated heterocycles. The molecule has 2 nitrogen and oxygen atoms in total. The van der Waals surface area contributed by atoms with E-state index in [1.165, 1.54) is 10.4 Å². The van der Waals surface area contributed by atoms with Gasteiger partial charge < -0.3 is 9.53 Å². The summed E-state index contributed by atoms with van der Waals surface area (Å²) in [5.74, 6) is 1.26. The van der Waals surface area contributed by atoms with Crippen LogP contribution in [0.4, 0.5) is 0 Å². The first-order valence-electron chi connectivity index (χ1n) is 8.18. The molecule has 0 aliphatic rings. The lowest BCUT2D eigenvalue weighted by Crippen LogP contribution is -2.43. The molecular weight excluding hydrogens is 332 g/mol. The molecule has 126 valence electrons. The minimum atomic E-state index is -1.80. The molecule has 0 atom stereocenters. The third-order valence-electron chi connectivity index (χ3n) is 4.82. The number of aromatic hydroxyl groups is 1. The number of phenols is 1. The van der Waals surface area contributed by atoms with Crippen LogP contribution in [0.2, 0.25) is 18.1 Å². The summed E-state index contributed by atoms with van der Waals surface area (Å²) < 4.78 is 7.44. The van der Waals surface area contributed by atoms with Gasteiger partial charge in [0.2, 0.25) is 8.32 Å². The van der Waals surface area contributed by atoms with Crippen molar-refractivity contribution in [3.05, 3.63) is 48.5 Å². The van der Waals surface area contributed by atoms with Gasteiger partial charge in [0.05, 0.1) is 0 Å². The number of rotatable bonds is 3. The number of benzene rings is 2. The minimum absolute atomic E-state index is 0.194. The summed E-state index contributed by atoms with van der Waals surface area (Å²) in [5.41, 5.74) is 1.18. The van der Waals surface area contributed by atoms with E-state index in [-0.39, 0.29) is 5.04 Å². The molecule has 1 N–H and O–H groups in total. The van der Waals surface area contributed by atoms with E-state index in [2.05, 4.69) is 64.2 Å². The van der Waals surface area contributed by atoms with Crippen molar-refractivity contribution in [2.75, 3.05) is 0 Å². The van der Waals surface area contributed by atoms with Gasteiger partial charge in [0, 0.05) is 9.58 Å². The number of thiophene rings is 1. The highest BCUT2D eigenvalue weighted by Gasteiger charge is 2.38. The number of fused-ring (bicyclic) bond motifs is 1. The smallest absolute Gasteiger partial charge is 0.250 e. The van der Waals surface area contributed by atoms with Crippen molar-refractivity contribution in [1.29, 1.82) is 0 Å². The molecular formula is C20H24O2SSi. The fraction of sp³-hybridized carbons (Fsp3) is 0.300. The van der Waals surface area contributed by atoms with Crippen LogP contribution in [0.1, 0.15) is 20.8 Å². The first kappa shape index (κ1) is 17.1. The van der Waals surface area contributed by atoms with E-state index in [0.29, 0.717) is 5.75 Å². The average molecular weight is 357 g/mol. The molecule has 3 aromatic rings. The predicted octanol–water partition coefficient (Wildman–Crippen LogP) is 6.66. The van der Waals surface area contributed by atoms with Crippen molar-refractivity contribution in [3.63, 3.8) is 0 Å². The Morgan fingerprint density at radius 1 is 0.958 bits per heavy atom. The molecule has 24 heavy (non-hydrogen) atoms. The van der Waals surface area contributed by atoms with Gasteiger partial charge in [-0.15, -0.1) is 11.3 Å². The second-order valence-corrected chi connectivity index (χ2v) is 13.5. The standard InChI is InChI=1S/C20H24O2SSi/c1-20(2,3)24(4,5)22-17-10-7-14(8-11-17)18-12-15-6-9-16(21)13-19(15)23-18/h6-13,21H,1-5H3. The van der Waals surface area contributed by atoms with Gasteiger partial charge in [0.25, 0.3) is 0 Å². The summed E-state index contributed by atoms with van der Waals surface area (Å²) in [6, 6.07) is 16.0. The lowest BCUT2D eigenvalue weighted by Gasteiger charge is -2.36. The van der Waals surface area contributed by atoms with Gasteiger partial charge in [-0.2, -0.15) is 0 Å². The largest absolute Gasteiger partial charge is 0.544 e. The van der Waals surface area contributed by atoms with E-state index in [1.807, 2.05) is 12.1 Å². The first-order chi connectivity index (χ1) is 11.2. The van der Waals surface area contributed by atoms with Crippen LogP contribution in [-0.4, -0.2) is 13.4 Å². The molecule has 0 aliphatic heterocycles. The van der Waals surface area contributed by atoms with Crippen molar-refractivity contribution >= 4 is 29.7 Å². The van der Waals surface area contributed by atoms with Crippen LogP contribution in [-0.2, 0) is 0 Å². The Hall–Kier alpha value is -1.78. The zero-order valence-electron chi connectivity index (χ0n) is 14.9. The van der Waals surface area contributed by atoms with Crippen molar-refractivity contribution in [2.24, 2.45) is 0 Å². The third-order valence-corrected chi connectivity index (χ3v) is 10.3. The van der Waals surface area contributed by atoms with Crippen molar-refractivity contribution in [1.82, 2.24) is 0 Å². The summed E-state index contributed by atoms with van der Waals surface area (Å²) >= 11 is 1.70. The van der Waals surface area contributed by atoms with Gasteiger partial charge in [-0.05, 0) is 77.6 Å². The van der Waals surface area contributed by atoms with Gasteiger partial charge in [0.1, 0.15) is 11.5 Å². The molecule has 2 aromatic carbocycles. The topological polar surface area (TPSA) is 29.5 Å². The Labute approximate surface area is 148 Å². The van der Waals surface area contributed by atoms with Crippen LogP contribution < -0.4 is 4.43 Å². The van der Waals surface area contributed by atoms with Crippen LogP contribution in [0.3, 0.4) is 0 Å². The maximum Gasteiger partial charge on any atom is 0.250 e. The monoisotopic (exact) mass is 356 g/mol. The molecule has 0 fully saturated rings. The van der Waals surface area contributed by atoms with E-state index >= 15 is 0 Å². The van der Waals surface area contributed by atoms with E-state index < -0.39 is 8.32 Å². The van der Waals surface area contributed by atoms with Crippen LogP contribution in [0.5, 0.6) is 11.5 Å². The third kappa shape index (κ3) is 3.35. The highest BCUT2D eigenvalue weighted by molar-refractivity contribution is 7.22. The zero-order chi connectivity index (χ0) is 17.5. The van der Waals surface area contributed by atoms with E-state index in [9.17, 15) is 5.11 Å². The zero-order valence-corrected chi connectivity index (χ0v) is 16.7. The van der Waals surface area contributed by atoms with Gasteiger partial charge in [0.15, 0.2) is 0 Å². The molecule has 0 saturated carbocycles. The SMILES string of the molecule is CC(C)(C)[Si](C)(C)Oc1ccc(-c2cc3ccc(O)cc3s2)cc1. The Balaban J connectivity index is 1.86. The van der Waals surface area contributed by atoms with Crippen LogP contribution in [0, 0.1) is 0 Å². The normalized spacial score (nSPS) is 12.5. The van der Waals surface area contributed by atoms with Gasteiger partial charge >= 0.3 is 0 Å². The van der Waals surface area contributed by atoms with Crippen LogP contribution in [0.25, 0.3) is 20.5 Å². The van der Waals surface area contributed by atoms with Gasteiger partial charge in [-0.25, -0.2) is 0 Å². The van der Waals surface area contributed by atoms with E-state index in [0.717, 1.165) is 15.8 Å². The number of hydrogen-bond acceptors (Lipinski definition) is 3. The molecule has 4 heteroatoms. The first-order valence-corrected chi connectivity index (χ1v) is 11.9. The molecule has 3 rings (SSSR count). The van der Waals surface area contributed by atoms with Gasteiger partial charge in [-0.3, -0.25) is 0 Å².